The average Bonchev–Trinajstić information content (AvgIpc) is 3.04. The Hall–Kier alpha value is -3.67. The van der Waals surface area contributed by atoms with Crippen LogP contribution in [0.3, 0.4) is 0 Å². The molecule has 1 aromatic carbocycles. The second kappa shape index (κ2) is 8.81. The molecule has 2 aromatic rings. The van der Waals surface area contributed by atoms with Gasteiger partial charge in [0.15, 0.2) is 17.2 Å². The van der Waals surface area contributed by atoms with Gasteiger partial charge in [-0.05, 0) is 13.8 Å². The normalized spacial score (nSPS) is 10.1. The van der Waals surface area contributed by atoms with E-state index in [0.29, 0.717) is 24.7 Å². The van der Waals surface area contributed by atoms with Gasteiger partial charge in [-0.3, -0.25) is 0 Å². The van der Waals surface area contributed by atoms with E-state index in [1.807, 2.05) is 6.07 Å². The van der Waals surface area contributed by atoms with E-state index in [0.717, 1.165) is 0 Å². The Kier molecular flexibility index (Phi) is 6.50. The van der Waals surface area contributed by atoms with Crippen LogP contribution < -0.4 is 15.2 Å². The fourth-order valence-electron chi connectivity index (χ4n) is 2.66. The van der Waals surface area contributed by atoms with Crippen molar-refractivity contribution in [2.75, 3.05) is 33.2 Å². The van der Waals surface area contributed by atoms with Crippen LogP contribution in [0.1, 0.15) is 40.3 Å². The highest BCUT2D eigenvalue weighted by Gasteiger charge is 2.26. The van der Waals surface area contributed by atoms with E-state index in [4.69, 9.17) is 24.7 Å². The number of nitrogens with two attached hydrogens (primary N) is 1. The maximum atomic E-state index is 12.4. The summed E-state index contributed by atoms with van der Waals surface area (Å²) < 4.78 is 22.1. The molecule has 0 radical (unpaired) electrons. The van der Waals surface area contributed by atoms with Gasteiger partial charge in [-0.2, -0.15) is 5.26 Å². The van der Waals surface area contributed by atoms with Crippen LogP contribution in [0.2, 0.25) is 0 Å². The van der Waals surface area contributed by atoms with Crippen molar-refractivity contribution in [1.29, 1.82) is 5.26 Å². The van der Waals surface area contributed by atoms with Gasteiger partial charge >= 0.3 is 11.9 Å². The second-order valence-corrected chi connectivity index (χ2v) is 5.45. The molecule has 1 aromatic heterocycles. The molecule has 0 aliphatic heterocycles. The van der Waals surface area contributed by atoms with Crippen molar-refractivity contribution in [3.8, 4) is 23.3 Å². The predicted octanol–water partition coefficient (Wildman–Crippen LogP) is 2.30. The van der Waals surface area contributed by atoms with Gasteiger partial charge in [0, 0.05) is 18.3 Å². The summed E-state index contributed by atoms with van der Waals surface area (Å²) in [7, 11) is 2.42. The van der Waals surface area contributed by atoms with Crippen molar-refractivity contribution in [2.45, 2.75) is 13.8 Å². The zero-order chi connectivity index (χ0) is 20.8. The summed E-state index contributed by atoms with van der Waals surface area (Å²) in [4.78, 5) is 24.7. The Bertz CT molecular complexity index is 942. The number of carbonyl (C=O) groups excluding carboxylic acids is 2. The summed E-state index contributed by atoms with van der Waals surface area (Å²) in [5.74, 6) is -0.732. The molecule has 0 amide bonds. The molecule has 0 spiro atoms. The molecule has 1 heterocycles. The van der Waals surface area contributed by atoms with Gasteiger partial charge in [0.2, 0.25) is 0 Å². The van der Waals surface area contributed by atoms with E-state index in [2.05, 4.69) is 0 Å². The summed E-state index contributed by atoms with van der Waals surface area (Å²) in [5.41, 5.74) is 6.18. The molecule has 148 valence electrons. The van der Waals surface area contributed by atoms with Gasteiger partial charge < -0.3 is 29.2 Å². The fourth-order valence-corrected chi connectivity index (χ4v) is 2.66. The first-order valence-electron chi connectivity index (χ1n) is 8.44. The van der Waals surface area contributed by atoms with Gasteiger partial charge in [-0.25, -0.2) is 9.59 Å². The zero-order valence-corrected chi connectivity index (χ0v) is 16.1. The molecule has 0 aliphatic rings. The number of anilines is 1. The molecule has 0 saturated carbocycles. The van der Waals surface area contributed by atoms with Gasteiger partial charge in [0.1, 0.15) is 6.07 Å². The molecule has 0 atom stereocenters. The Labute approximate surface area is 162 Å². The Morgan fingerprint density at radius 3 is 2.14 bits per heavy atom. The largest absolute Gasteiger partial charge is 0.490 e. The number of nitrogen functional groups attached to an aromatic ring is 1. The number of nitriles is 1. The summed E-state index contributed by atoms with van der Waals surface area (Å²) in [5, 5.41) is 9.30. The number of rotatable bonds is 7. The predicted molar refractivity (Wildman–Crippen MR) is 99.9 cm³/mol. The lowest BCUT2D eigenvalue weighted by Crippen LogP contribution is -2.15. The van der Waals surface area contributed by atoms with E-state index in [9.17, 15) is 14.9 Å². The molecule has 2 N–H and O–H groups in total. The van der Waals surface area contributed by atoms with E-state index >= 15 is 0 Å². The number of esters is 2. The maximum Gasteiger partial charge on any atom is 0.357 e. The minimum Gasteiger partial charge on any atom is -0.490 e. The van der Waals surface area contributed by atoms with E-state index in [-0.39, 0.29) is 28.2 Å². The maximum absolute atomic E-state index is 12.4. The summed E-state index contributed by atoms with van der Waals surface area (Å²) >= 11 is 0. The third-order valence-electron chi connectivity index (χ3n) is 3.87. The summed E-state index contributed by atoms with van der Waals surface area (Å²) in [6.45, 7) is 4.29. The van der Waals surface area contributed by atoms with Crippen LogP contribution in [0.5, 0.6) is 11.5 Å². The smallest absolute Gasteiger partial charge is 0.357 e. The lowest BCUT2D eigenvalue weighted by molar-refractivity contribution is 0.0581. The highest BCUT2D eigenvalue weighted by atomic mass is 16.5. The number of hydrogen-bond donors (Lipinski definition) is 1. The summed E-state index contributed by atoms with van der Waals surface area (Å²) in [6, 6.07) is 4.89. The number of benzene rings is 1. The van der Waals surface area contributed by atoms with Crippen molar-refractivity contribution in [3.63, 3.8) is 0 Å². The van der Waals surface area contributed by atoms with Gasteiger partial charge in [0.25, 0.3) is 0 Å². The number of nitrogens with zero attached hydrogens (tertiary/aromatic N) is 2. The SMILES string of the molecule is CCOc1cc(C(=O)OC)c(-n2cc(C#N)c(N)c2C(=O)OC)cc1OCC. The van der Waals surface area contributed by atoms with Gasteiger partial charge in [0.05, 0.1) is 49.9 Å². The Balaban J connectivity index is 2.87. The highest BCUT2D eigenvalue weighted by molar-refractivity contribution is 5.99. The van der Waals surface area contributed by atoms with Crippen LogP contribution in [0.15, 0.2) is 18.3 Å². The topological polar surface area (TPSA) is 126 Å². The van der Waals surface area contributed by atoms with Crippen LogP contribution in [0.25, 0.3) is 5.69 Å². The van der Waals surface area contributed by atoms with Crippen LogP contribution in [-0.4, -0.2) is 43.9 Å². The first kappa shape index (κ1) is 20.6. The van der Waals surface area contributed by atoms with Crippen molar-refractivity contribution in [1.82, 2.24) is 4.57 Å². The minimum absolute atomic E-state index is 0.0583. The standard InChI is InChI=1S/C19H21N3O6/c1-5-27-14-7-12(18(23)25-3)13(8-15(14)28-6-2)22-10-11(9-20)16(21)17(22)19(24)26-4/h7-8,10H,5-6,21H2,1-4H3. The Morgan fingerprint density at radius 2 is 1.64 bits per heavy atom. The lowest BCUT2D eigenvalue weighted by atomic mass is 10.1. The number of methoxy groups -OCH3 is 2. The van der Waals surface area contributed by atoms with Crippen molar-refractivity contribution in [2.24, 2.45) is 0 Å². The molecule has 0 bridgehead atoms. The van der Waals surface area contributed by atoms with Crippen molar-refractivity contribution >= 4 is 17.6 Å². The zero-order valence-electron chi connectivity index (χ0n) is 16.1. The molecule has 0 aliphatic carbocycles. The molecule has 9 heteroatoms. The number of aromatic nitrogens is 1. The highest BCUT2D eigenvalue weighted by Crippen LogP contribution is 2.35. The molecular weight excluding hydrogens is 366 g/mol. The van der Waals surface area contributed by atoms with Gasteiger partial charge in [-0.1, -0.05) is 0 Å². The van der Waals surface area contributed by atoms with Crippen LogP contribution >= 0.6 is 0 Å². The molecule has 28 heavy (non-hydrogen) atoms. The van der Waals surface area contributed by atoms with E-state index in [1.165, 1.54) is 37.1 Å². The third-order valence-corrected chi connectivity index (χ3v) is 3.87. The summed E-state index contributed by atoms with van der Waals surface area (Å²) in [6.07, 6.45) is 1.35. The monoisotopic (exact) mass is 387 g/mol. The fraction of sp³-hybridized carbons (Fsp3) is 0.316. The van der Waals surface area contributed by atoms with Gasteiger partial charge in [-0.15, -0.1) is 0 Å². The minimum atomic E-state index is -0.762. The third kappa shape index (κ3) is 3.71. The molecule has 0 saturated heterocycles. The molecule has 0 fully saturated rings. The van der Waals surface area contributed by atoms with Crippen LogP contribution in [-0.2, 0) is 9.47 Å². The van der Waals surface area contributed by atoms with Crippen LogP contribution in [0.4, 0.5) is 5.69 Å². The molecule has 0 unspecified atom stereocenters. The number of ether oxygens (including phenoxy) is 4. The van der Waals surface area contributed by atoms with E-state index in [1.54, 1.807) is 13.8 Å². The quantitative estimate of drug-likeness (QED) is 0.717. The van der Waals surface area contributed by atoms with E-state index < -0.39 is 11.9 Å². The average molecular weight is 387 g/mol. The van der Waals surface area contributed by atoms with Crippen molar-refractivity contribution in [3.05, 3.63) is 35.2 Å². The first-order valence-corrected chi connectivity index (χ1v) is 8.44. The second-order valence-electron chi connectivity index (χ2n) is 5.45. The molecular formula is C19H21N3O6. The first-order chi connectivity index (χ1) is 13.4. The number of carbonyl (C=O) groups is 2. The number of hydrogen-bond acceptors (Lipinski definition) is 8. The molecule has 9 nitrogen and oxygen atoms in total. The lowest BCUT2D eigenvalue weighted by Gasteiger charge is -2.17. The Morgan fingerprint density at radius 1 is 1.07 bits per heavy atom. The van der Waals surface area contributed by atoms with Crippen molar-refractivity contribution < 1.29 is 28.5 Å². The molecule has 2 rings (SSSR count). The van der Waals surface area contributed by atoms with Crippen LogP contribution in [0, 0.1) is 11.3 Å².